The molecule has 1 N–H and O–H groups in total. The van der Waals surface area contributed by atoms with Gasteiger partial charge in [-0.1, -0.05) is 134 Å². The molecule has 6 aromatic carbocycles. The number of ether oxygens (including phenoxy) is 1. The first-order chi connectivity index (χ1) is 21.6. The normalized spacial score (nSPS) is 14.3. The van der Waals surface area contributed by atoms with E-state index in [-0.39, 0.29) is 5.92 Å². The number of hydrogen-bond donors (Lipinski definition) is 1. The zero-order chi connectivity index (χ0) is 29.7. The monoisotopic (exact) mass is 565 g/mol. The fraction of sp³-hybridized carbons (Fsp3) is 0.0714. The topological polar surface area (TPSA) is 33.1 Å². The van der Waals surface area contributed by atoms with E-state index in [0.29, 0.717) is 5.71 Å². The maximum absolute atomic E-state index is 8.86. The van der Waals surface area contributed by atoms with E-state index in [9.17, 15) is 0 Å². The van der Waals surface area contributed by atoms with Crippen molar-refractivity contribution in [2.45, 2.75) is 18.3 Å². The second-order valence-corrected chi connectivity index (χ2v) is 11.7. The molecule has 0 fully saturated rings. The number of hydrogen-bond acceptors (Lipinski definition) is 2. The largest absolute Gasteiger partial charge is 0.457 e. The maximum Gasteiger partial charge on any atom is 0.132 e. The molecule has 0 saturated heterocycles. The van der Waals surface area contributed by atoms with Gasteiger partial charge in [-0.3, -0.25) is 0 Å². The van der Waals surface area contributed by atoms with E-state index in [1.165, 1.54) is 27.8 Å². The summed E-state index contributed by atoms with van der Waals surface area (Å²) in [4.78, 5) is 0. The molecule has 6 aromatic rings. The lowest BCUT2D eigenvalue weighted by molar-refractivity contribution is 0.436. The lowest BCUT2D eigenvalue weighted by Gasteiger charge is -2.39. The summed E-state index contributed by atoms with van der Waals surface area (Å²) in [5.41, 5.74) is 11.7. The van der Waals surface area contributed by atoms with Crippen molar-refractivity contribution in [3.8, 4) is 33.8 Å². The molecule has 1 heterocycles. The minimum absolute atomic E-state index is 0.233. The Morgan fingerprint density at radius 2 is 1.20 bits per heavy atom. The maximum atomic E-state index is 8.86. The summed E-state index contributed by atoms with van der Waals surface area (Å²) in [7, 11) is 0. The minimum Gasteiger partial charge on any atom is -0.457 e. The molecule has 0 saturated carbocycles. The van der Waals surface area contributed by atoms with Gasteiger partial charge in [-0.05, 0) is 80.8 Å². The van der Waals surface area contributed by atoms with Gasteiger partial charge in [0, 0.05) is 11.1 Å². The Morgan fingerprint density at radius 3 is 1.95 bits per heavy atom. The standard InChI is InChI=1S/C42H31NO/c1-28(29-12-3-2-4-13-29)22-24-39(43)32-15-11-14-30(26-32)31-23-25-41-38(27-31)42(37-20-9-10-21-40(37)44-41)35-18-7-5-16-33(35)34-17-6-8-19-36(34)42/h2-28,43H,1H3/b24-22-,43-39?. The molecule has 0 radical (unpaired) electrons. The predicted octanol–water partition coefficient (Wildman–Crippen LogP) is 10.6. The van der Waals surface area contributed by atoms with Crippen molar-refractivity contribution in [1.29, 1.82) is 5.41 Å². The molecule has 1 aliphatic carbocycles. The van der Waals surface area contributed by atoms with E-state index < -0.39 is 5.41 Å². The second-order valence-electron chi connectivity index (χ2n) is 11.7. The van der Waals surface area contributed by atoms with Crippen molar-refractivity contribution >= 4 is 5.71 Å². The highest BCUT2D eigenvalue weighted by molar-refractivity contribution is 6.07. The molecule has 1 atom stereocenters. The molecule has 0 amide bonds. The van der Waals surface area contributed by atoms with Gasteiger partial charge in [0.05, 0.1) is 11.1 Å². The first kappa shape index (κ1) is 26.2. The van der Waals surface area contributed by atoms with Gasteiger partial charge in [-0.25, -0.2) is 0 Å². The Kier molecular flexibility index (Phi) is 6.16. The van der Waals surface area contributed by atoms with Gasteiger partial charge in [0.1, 0.15) is 11.5 Å². The van der Waals surface area contributed by atoms with Crippen LogP contribution < -0.4 is 4.74 Å². The molecule has 2 aliphatic rings. The Morgan fingerprint density at radius 1 is 0.591 bits per heavy atom. The summed E-state index contributed by atoms with van der Waals surface area (Å²) in [6.45, 7) is 2.16. The lowest BCUT2D eigenvalue weighted by atomic mass is 9.66. The van der Waals surface area contributed by atoms with Crippen LogP contribution in [0.4, 0.5) is 0 Å². The lowest BCUT2D eigenvalue weighted by Crippen LogP contribution is -2.32. The molecule has 44 heavy (non-hydrogen) atoms. The smallest absolute Gasteiger partial charge is 0.132 e. The van der Waals surface area contributed by atoms with Crippen LogP contribution in [0.1, 0.15) is 46.2 Å². The van der Waals surface area contributed by atoms with Gasteiger partial charge in [0.2, 0.25) is 0 Å². The van der Waals surface area contributed by atoms with E-state index in [0.717, 1.165) is 39.3 Å². The minimum atomic E-state index is -0.492. The van der Waals surface area contributed by atoms with Crippen molar-refractivity contribution in [2.75, 3.05) is 0 Å². The highest BCUT2D eigenvalue weighted by atomic mass is 16.5. The molecule has 1 aliphatic heterocycles. The van der Waals surface area contributed by atoms with Gasteiger partial charge in [0.15, 0.2) is 0 Å². The molecule has 1 unspecified atom stereocenters. The third-order valence-corrected chi connectivity index (χ3v) is 9.23. The Balaban J connectivity index is 1.24. The molecular formula is C42H31NO. The molecule has 0 bridgehead atoms. The third-order valence-electron chi connectivity index (χ3n) is 9.23. The van der Waals surface area contributed by atoms with Crippen molar-refractivity contribution < 1.29 is 4.74 Å². The van der Waals surface area contributed by atoms with Crippen molar-refractivity contribution in [3.63, 3.8) is 0 Å². The number of fused-ring (bicyclic) bond motifs is 9. The predicted molar refractivity (Wildman–Crippen MR) is 180 cm³/mol. The quantitative estimate of drug-likeness (QED) is 0.207. The SMILES string of the molecule is CC(/C=C\C(=N)c1cccc(-c2ccc3c(c2)C2(c4ccccc4O3)c3ccccc3-c3ccccc32)c1)c1ccccc1. The van der Waals surface area contributed by atoms with Crippen LogP contribution in [0.15, 0.2) is 158 Å². The first-order valence-electron chi connectivity index (χ1n) is 15.2. The van der Waals surface area contributed by atoms with Crippen LogP contribution in [0.5, 0.6) is 11.5 Å². The second kappa shape index (κ2) is 10.4. The first-order valence-corrected chi connectivity index (χ1v) is 15.2. The fourth-order valence-corrected chi connectivity index (χ4v) is 7.11. The van der Waals surface area contributed by atoms with Crippen LogP contribution in [0.25, 0.3) is 22.3 Å². The van der Waals surface area contributed by atoms with Gasteiger partial charge >= 0.3 is 0 Å². The van der Waals surface area contributed by atoms with Gasteiger partial charge in [-0.15, -0.1) is 0 Å². The molecule has 0 aromatic heterocycles. The van der Waals surface area contributed by atoms with Crippen LogP contribution in [-0.4, -0.2) is 5.71 Å². The van der Waals surface area contributed by atoms with E-state index >= 15 is 0 Å². The van der Waals surface area contributed by atoms with Crippen LogP contribution in [-0.2, 0) is 5.41 Å². The molecule has 2 nitrogen and oxygen atoms in total. The van der Waals surface area contributed by atoms with Crippen LogP contribution in [0.2, 0.25) is 0 Å². The zero-order valence-electron chi connectivity index (χ0n) is 24.5. The highest BCUT2D eigenvalue weighted by Crippen LogP contribution is 2.62. The molecule has 8 rings (SSSR count). The van der Waals surface area contributed by atoms with Crippen molar-refractivity contribution in [1.82, 2.24) is 0 Å². The summed E-state index contributed by atoms with van der Waals surface area (Å²) in [5.74, 6) is 2.00. The van der Waals surface area contributed by atoms with Crippen LogP contribution >= 0.6 is 0 Å². The summed E-state index contributed by atoms with van der Waals surface area (Å²) in [6.07, 6.45) is 4.03. The average molecular weight is 566 g/mol. The van der Waals surface area contributed by atoms with E-state index in [1.807, 2.05) is 24.3 Å². The van der Waals surface area contributed by atoms with Crippen molar-refractivity contribution in [3.05, 3.63) is 191 Å². The van der Waals surface area contributed by atoms with Gasteiger partial charge in [0.25, 0.3) is 0 Å². The Hall–Kier alpha value is -5.47. The number of nitrogens with one attached hydrogen (secondary N) is 1. The zero-order valence-corrected chi connectivity index (χ0v) is 24.5. The Labute approximate surface area is 258 Å². The number of benzene rings is 6. The molecule has 1 spiro atoms. The summed E-state index contributed by atoms with van der Waals surface area (Å²) in [5, 5.41) is 8.86. The van der Waals surface area contributed by atoms with E-state index in [1.54, 1.807) is 0 Å². The van der Waals surface area contributed by atoms with Crippen molar-refractivity contribution in [2.24, 2.45) is 0 Å². The van der Waals surface area contributed by atoms with Gasteiger partial charge in [-0.2, -0.15) is 0 Å². The third kappa shape index (κ3) is 3.99. The number of allylic oxidation sites excluding steroid dienone is 2. The average Bonchev–Trinajstić information content (AvgIpc) is 3.38. The molecule has 2 heteroatoms. The summed E-state index contributed by atoms with van der Waals surface area (Å²) < 4.78 is 6.59. The molecule has 210 valence electrons. The summed E-state index contributed by atoms with van der Waals surface area (Å²) in [6, 6.07) is 51.4. The number of rotatable bonds is 5. The Bertz CT molecular complexity index is 2040. The van der Waals surface area contributed by atoms with Crippen LogP contribution in [0.3, 0.4) is 0 Å². The highest BCUT2D eigenvalue weighted by Gasteiger charge is 2.50. The van der Waals surface area contributed by atoms with Gasteiger partial charge < -0.3 is 10.1 Å². The van der Waals surface area contributed by atoms with E-state index in [2.05, 4.69) is 140 Å². The van der Waals surface area contributed by atoms with Crippen LogP contribution in [0, 0.1) is 5.41 Å². The van der Waals surface area contributed by atoms with E-state index in [4.69, 9.17) is 10.1 Å². The summed E-state index contributed by atoms with van der Waals surface area (Å²) >= 11 is 0. The fourth-order valence-electron chi connectivity index (χ4n) is 7.11. The molecular weight excluding hydrogens is 534 g/mol. The number of para-hydroxylation sites is 1.